The summed E-state index contributed by atoms with van der Waals surface area (Å²) in [6, 6.07) is 3.86. The lowest BCUT2D eigenvalue weighted by Gasteiger charge is -2.20. The van der Waals surface area contributed by atoms with E-state index in [2.05, 4.69) is 21.8 Å². The van der Waals surface area contributed by atoms with Gasteiger partial charge in [-0.15, -0.1) is 16.4 Å². The van der Waals surface area contributed by atoms with Crippen molar-refractivity contribution in [3.8, 4) is 0 Å². The number of nitrogens with one attached hydrogen (secondary N) is 1. The lowest BCUT2D eigenvalue weighted by molar-refractivity contribution is -0.121. The van der Waals surface area contributed by atoms with E-state index in [4.69, 9.17) is 9.47 Å². The molecule has 2 aromatic rings. The lowest BCUT2D eigenvalue weighted by Crippen LogP contribution is -2.44. The maximum Gasteiger partial charge on any atom is 0.225 e. The number of hydrogen-bond acceptors (Lipinski definition) is 6. The number of ether oxygens (including phenoxy) is 2. The van der Waals surface area contributed by atoms with E-state index in [1.807, 2.05) is 22.2 Å². The van der Waals surface area contributed by atoms with Crippen molar-refractivity contribution in [1.29, 1.82) is 0 Å². The summed E-state index contributed by atoms with van der Waals surface area (Å²) in [5, 5.41) is 13.9. The average molecular weight is 417 g/mol. The first kappa shape index (κ1) is 19.2. The molecule has 8 heteroatoms. The Hall–Kier alpha value is -1.77. The van der Waals surface area contributed by atoms with Gasteiger partial charge in [-0.2, -0.15) is 0 Å². The number of thiophene rings is 1. The van der Waals surface area contributed by atoms with Gasteiger partial charge in [0.05, 0.1) is 31.4 Å². The summed E-state index contributed by atoms with van der Waals surface area (Å²) in [6.45, 7) is 1.02. The van der Waals surface area contributed by atoms with Crippen LogP contribution < -0.4 is 5.32 Å². The summed E-state index contributed by atoms with van der Waals surface area (Å²) in [4.78, 5) is 13.4. The quantitative estimate of drug-likeness (QED) is 0.783. The first-order valence-electron chi connectivity index (χ1n) is 10.7. The number of nitrogens with zero attached hydrogens (tertiary/aromatic N) is 3. The van der Waals surface area contributed by atoms with Crippen LogP contribution in [0.1, 0.15) is 48.7 Å². The van der Waals surface area contributed by atoms with Gasteiger partial charge in [-0.3, -0.25) is 4.79 Å². The molecule has 1 N–H and O–H groups in total. The summed E-state index contributed by atoms with van der Waals surface area (Å²) in [5.41, 5.74) is 1.07. The van der Waals surface area contributed by atoms with Gasteiger partial charge in [0, 0.05) is 11.1 Å². The van der Waals surface area contributed by atoms with Crippen molar-refractivity contribution >= 4 is 17.2 Å². The molecule has 0 spiro atoms. The number of aromatic nitrogens is 3. The molecule has 4 atom stereocenters. The number of rotatable bonds is 6. The third-order valence-corrected chi connectivity index (χ3v) is 7.29. The molecule has 2 saturated heterocycles. The minimum absolute atomic E-state index is 0.0178. The molecule has 2 aliphatic heterocycles. The topological polar surface area (TPSA) is 78.3 Å². The fourth-order valence-electron chi connectivity index (χ4n) is 4.91. The van der Waals surface area contributed by atoms with Crippen molar-refractivity contribution < 1.29 is 14.3 Å². The van der Waals surface area contributed by atoms with Crippen LogP contribution in [0.25, 0.3) is 0 Å². The zero-order valence-electron chi connectivity index (χ0n) is 16.5. The van der Waals surface area contributed by atoms with E-state index in [0.29, 0.717) is 19.6 Å². The van der Waals surface area contributed by atoms with Gasteiger partial charge in [-0.25, -0.2) is 4.68 Å². The number of carbonyl (C=O) groups excluding carboxylic acids is 1. The van der Waals surface area contributed by atoms with Gasteiger partial charge < -0.3 is 14.8 Å². The molecule has 0 aromatic carbocycles. The van der Waals surface area contributed by atoms with Crippen LogP contribution in [0.15, 0.2) is 23.7 Å². The van der Waals surface area contributed by atoms with Crippen LogP contribution in [-0.4, -0.2) is 52.4 Å². The van der Waals surface area contributed by atoms with Crippen LogP contribution in [0.4, 0.5) is 0 Å². The van der Waals surface area contributed by atoms with Crippen LogP contribution in [0.3, 0.4) is 0 Å². The second kappa shape index (κ2) is 8.53. The number of fused-ring (bicyclic) bond motifs is 1. The highest BCUT2D eigenvalue weighted by Gasteiger charge is 2.49. The molecule has 0 bridgehead atoms. The molecule has 1 saturated carbocycles. The van der Waals surface area contributed by atoms with Gasteiger partial charge in [0.25, 0.3) is 0 Å². The van der Waals surface area contributed by atoms with Crippen molar-refractivity contribution in [1.82, 2.24) is 20.3 Å². The molecule has 3 aliphatic rings. The molecule has 0 radical (unpaired) electrons. The molecule has 4 unspecified atom stereocenters. The summed E-state index contributed by atoms with van der Waals surface area (Å²) < 4.78 is 14.0. The van der Waals surface area contributed by atoms with Crippen molar-refractivity contribution in [2.75, 3.05) is 13.2 Å². The van der Waals surface area contributed by atoms with Crippen LogP contribution in [0.5, 0.6) is 0 Å². The van der Waals surface area contributed by atoms with E-state index in [-0.39, 0.29) is 30.2 Å². The molecule has 4 heterocycles. The third kappa shape index (κ3) is 4.25. The second-order valence-corrected chi connectivity index (χ2v) is 9.52. The van der Waals surface area contributed by atoms with Crippen LogP contribution in [0, 0.1) is 5.92 Å². The normalized spacial score (nSPS) is 29.8. The number of amides is 1. The SMILES string of the molecule is O=C(Cc1cccs1)NC1COC2C1OCC2n1cc(CC2CCCCC2)nn1. The molecular weight excluding hydrogens is 388 g/mol. The van der Waals surface area contributed by atoms with Gasteiger partial charge in [-0.1, -0.05) is 43.4 Å². The van der Waals surface area contributed by atoms with E-state index < -0.39 is 0 Å². The summed E-state index contributed by atoms with van der Waals surface area (Å²) >= 11 is 1.60. The molecule has 5 rings (SSSR count). The number of hydrogen-bond donors (Lipinski definition) is 1. The smallest absolute Gasteiger partial charge is 0.225 e. The van der Waals surface area contributed by atoms with E-state index >= 15 is 0 Å². The molecule has 7 nitrogen and oxygen atoms in total. The Labute approximate surface area is 174 Å². The average Bonchev–Trinajstić information content (AvgIpc) is 3.49. The Bertz CT molecular complexity index is 818. The molecule has 2 aromatic heterocycles. The Balaban J connectivity index is 1.17. The molecule has 1 amide bonds. The van der Waals surface area contributed by atoms with Gasteiger partial charge in [0.2, 0.25) is 5.91 Å². The molecule has 29 heavy (non-hydrogen) atoms. The maximum atomic E-state index is 12.4. The minimum Gasteiger partial charge on any atom is -0.371 e. The van der Waals surface area contributed by atoms with Crippen molar-refractivity contribution in [3.05, 3.63) is 34.3 Å². The fraction of sp³-hybridized carbons (Fsp3) is 0.667. The monoisotopic (exact) mass is 416 g/mol. The van der Waals surface area contributed by atoms with Crippen molar-refractivity contribution in [3.63, 3.8) is 0 Å². The van der Waals surface area contributed by atoms with E-state index in [1.165, 1.54) is 32.1 Å². The standard InChI is InChI=1S/C21H28N4O3S/c26-19(10-16-7-4-8-29-16)22-17-12-27-21-18(13-28-20(17)21)25-11-15(23-24-25)9-14-5-2-1-3-6-14/h4,7-8,11,14,17-18,20-21H,1-3,5-6,9-10,12-13H2,(H,22,26). The maximum absolute atomic E-state index is 12.4. The molecule has 3 fully saturated rings. The highest BCUT2D eigenvalue weighted by molar-refractivity contribution is 7.10. The zero-order valence-corrected chi connectivity index (χ0v) is 17.4. The predicted octanol–water partition coefficient (Wildman–Crippen LogP) is 2.53. The first-order valence-corrected chi connectivity index (χ1v) is 11.6. The third-order valence-electron chi connectivity index (χ3n) is 6.41. The summed E-state index contributed by atoms with van der Waals surface area (Å²) in [5.74, 6) is 0.761. The molecule has 1 aliphatic carbocycles. The van der Waals surface area contributed by atoms with Crippen LogP contribution >= 0.6 is 11.3 Å². The van der Waals surface area contributed by atoms with Crippen molar-refractivity contribution in [2.24, 2.45) is 5.92 Å². The Morgan fingerprint density at radius 1 is 1.21 bits per heavy atom. The van der Waals surface area contributed by atoms with Crippen LogP contribution in [-0.2, 0) is 27.1 Å². The van der Waals surface area contributed by atoms with Gasteiger partial charge >= 0.3 is 0 Å². The molecular formula is C21H28N4O3S. The highest BCUT2D eigenvalue weighted by atomic mass is 32.1. The summed E-state index contributed by atoms with van der Waals surface area (Å²) in [7, 11) is 0. The molecule has 156 valence electrons. The van der Waals surface area contributed by atoms with E-state index in [0.717, 1.165) is 22.9 Å². The lowest BCUT2D eigenvalue weighted by atomic mass is 9.86. The second-order valence-electron chi connectivity index (χ2n) is 8.49. The van der Waals surface area contributed by atoms with E-state index in [1.54, 1.807) is 11.3 Å². The number of carbonyl (C=O) groups is 1. The Morgan fingerprint density at radius 3 is 2.90 bits per heavy atom. The largest absolute Gasteiger partial charge is 0.371 e. The Kier molecular flexibility index (Phi) is 5.65. The summed E-state index contributed by atoms with van der Waals surface area (Å²) in [6.07, 6.45) is 9.93. The predicted molar refractivity (Wildman–Crippen MR) is 109 cm³/mol. The fourth-order valence-corrected chi connectivity index (χ4v) is 5.62. The van der Waals surface area contributed by atoms with Crippen molar-refractivity contribution in [2.45, 2.75) is 69.2 Å². The van der Waals surface area contributed by atoms with Gasteiger partial charge in [0.15, 0.2) is 0 Å². The van der Waals surface area contributed by atoms with Crippen LogP contribution in [0.2, 0.25) is 0 Å². The van der Waals surface area contributed by atoms with E-state index in [9.17, 15) is 4.79 Å². The minimum atomic E-state index is -0.127. The zero-order chi connectivity index (χ0) is 19.6. The first-order chi connectivity index (χ1) is 14.3. The van der Waals surface area contributed by atoms with Gasteiger partial charge in [-0.05, 0) is 23.8 Å². The Morgan fingerprint density at radius 2 is 2.07 bits per heavy atom. The highest BCUT2D eigenvalue weighted by Crippen LogP contribution is 2.34. The van der Waals surface area contributed by atoms with Gasteiger partial charge in [0.1, 0.15) is 18.2 Å².